The van der Waals surface area contributed by atoms with Gasteiger partial charge in [-0.05, 0) is 99.3 Å². The fraction of sp³-hybridized carbons (Fsp3) is 0.514. The molecule has 49 heavy (non-hydrogen) atoms. The van der Waals surface area contributed by atoms with Gasteiger partial charge in [0.25, 0.3) is 5.09 Å². The van der Waals surface area contributed by atoms with Gasteiger partial charge in [0.2, 0.25) is 0 Å². The number of hydrogen-bond acceptors (Lipinski definition) is 11. The molecule has 0 saturated heterocycles. The zero-order valence-electron chi connectivity index (χ0n) is 28.1. The van der Waals surface area contributed by atoms with Gasteiger partial charge in [0, 0.05) is 12.5 Å². The lowest BCUT2D eigenvalue weighted by Crippen LogP contribution is -2.23. The number of ether oxygens (including phenoxy) is 3. The molecule has 3 N–H and O–H groups in total. The van der Waals surface area contributed by atoms with Crippen LogP contribution in [0.15, 0.2) is 73.3 Å². The van der Waals surface area contributed by atoms with E-state index in [1.165, 1.54) is 18.7 Å². The summed E-state index contributed by atoms with van der Waals surface area (Å²) in [6.07, 6.45) is 7.92. The number of aryl methyl sites for hydroxylation is 1. The van der Waals surface area contributed by atoms with Crippen molar-refractivity contribution in [2.45, 2.75) is 95.0 Å². The fourth-order valence-corrected chi connectivity index (χ4v) is 6.18. The summed E-state index contributed by atoms with van der Waals surface area (Å²) in [5, 5.41) is 41.2. The second-order valence-corrected chi connectivity index (χ2v) is 12.3. The number of carbonyl (C=O) groups excluding carboxylic acids is 2. The van der Waals surface area contributed by atoms with Crippen LogP contribution in [0.2, 0.25) is 0 Å². The van der Waals surface area contributed by atoms with E-state index in [9.17, 15) is 35.0 Å². The predicted octanol–water partition coefficient (Wildman–Crippen LogP) is 5.61. The lowest BCUT2D eigenvalue weighted by atomic mass is 9.85. The quantitative estimate of drug-likeness (QED) is 0.0268. The molecular weight excluding hydrogens is 634 g/mol. The van der Waals surface area contributed by atoms with Gasteiger partial charge < -0.3 is 34.4 Å². The number of hydrogen-bond donors (Lipinski definition) is 3. The molecule has 1 aliphatic rings. The Morgan fingerprint density at radius 1 is 1.02 bits per heavy atom. The van der Waals surface area contributed by atoms with Crippen molar-refractivity contribution in [3.05, 3.63) is 94.6 Å². The van der Waals surface area contributed by atoms with Crippen LogP contribution >= 0.6 is 0 Å². The van der Waals surface area contributed by atoms with E-state index in [1.807, 2.05) is 42.5 Å². The first-order valence-corrected chi connectivity index (χ1v) is 16.8. The predicted molar refractivity (Wildman–Crippen MR) is 181 cm³/mol. The monoisotopic (exact) mass is 683 g/mol. The number of methoxy groups -OCH3 is 1. The summed E-state index contributed by atoms with van der Waals surface area (Å²) in [5.41, 5.74) is 1.72. The van der Waals surface area contributed by atoms with Crippen LogP contribution in [-0.4, -0.2) is 64.4 Å². The van der Waals surface area contributed by atoms with E-state index in [4.69, 9.17) is 14.2 Å². The standard InChI is InChI=1S/C37H49NO11/c1-3-36(42)48-33(15-11-23-47-38(44)45)27-18-22-34(35(24-27)46-2)49-37(43)16-10-5-4-9-14-29-30(32(41)25-31(29)40)21-20-28(39)19-17-26-12-7-6-8-13-26/h3-4,6-9,12-13,18,22,24,28-33,39-41H,1,5,10-11,14-17,19-21,23,25H2,2H3/b9-4-/t28?,29-,30-,31+,32-,33-/m1/s1. The van der Waals surface area contributed by atoms with Crippen molar-refractivity contribution in [2.75, 3.05) is 13.7 Å². The van der Waals surface area contributed by atoms with E-state index >= 15 is 0 Å². The Bertz CT molecular complexity index is 1370. The molecule has 1 fully saturated rings. The molecule has 1 aliphatic carbocycles. The largest absolute Gasteiger partial charge is 0.493 e. The minimum absolute atomic E-state index is 0.0886. The number of esters is 2. The minimum atomic E-state index is -0.889. The number of nitrogens with zero attached hydrogens (tertiary/aromatic N) is 1. The van der Waals surface area contributed by atoms with Crippen molar-refractivity contribution in [1.82, 2.24) is 0 Å². The molecule has 6 atom stereocenters. The molecule has 1 unspecified atom stereocenters. The van der Waals surface area contributed by atoms with Gasteiger partial charge in [-0.1, -0.05) is 55.1 Å². The number of unbranched alkanes of at least 4 members (excludes halogenated alkanes) is 1. The van der Waals surface area contributed by atoms with E-state index in [2.05, 4.69) is 11.4 Å². The second kappa shape index (κ2) is 21.0. The molecule has 12 nitrogen and oxygen atoms in total. The molecule has 2 aromatic carbocycles. The van der Waals surface area contributed by atoms with Crippen LogP contribution < -0.4 is 9.47 Å². The second-order valence-electron chi connectivity index (χ2n) is 12.3. The first-order chi connectivity index (χ1) is 23.6. The average molecular weight is 684 g/mol. The Balaban J connectivity index is 1.43. The highest BCUT2D eigenvalue weighted by molar-refractivity contribution is 5.81. The summed E-state index contributed by atoms with van der Waals surface area (Å²) in [6.45, 7) is 3.24. The Morgan fingerprint density at radius 2 is 1.78 bits per heavy atom. The molecule has 2 aromatic rings. The molecule has 1 saturated carbocycles. The number of carbonyl (C=O) groups is 2. The van der Waals surface area contributed by atoms with E-state index in [0.717, 1.165) is 12.5 Å². The lowest BCUT2D eigenvalue weighted by Gasteiger charge is -2.23. The molecule has 0 bridgehead atoms. The van der Waals surface area contributed by atoms with Crippen molar-refractivity contribution in [2.24, 2.45) is 11.8 Å². The van der Waals surface area contributed by atoms with Crippen LogP contribution in [-0.2, 0) is 25.6 Å². The molecule has 268 valence electrons. The number of aliphatic hydroxyl groups is 3. The first kappa shape index (κ1) is 39.2. The summed E-state index contributed by atoms with van der Waals surface area (Å²) in [4.78, 5) is 39.2. The molecule has 0 aromatic heterocycles. The van der Waals surface area contributed by atoms with Gasteiger partial charge >= 0.3 is 11.9 Å². The van der Waals surface area contributed by atoms with Gasteiger partial charge in [0.1, 0.15) is 6.10 Å². The molecule has 0 aliphatic heterocycles. The summed E-state index contributed by atoms with van der Waals surface area (Å²) in [6, 6.07) is 14.8. The van der Waals surface area contributed by atoms with Crippen LogP contribution in [0.1, 0.15) is 81.4 Å². The van der Waals surface area contributed by atoms with Crippen molar-refractivity contribution in [1.29, 1.82) is 0 Å². The highest BCUT2D eigenvalue weighted by Gasteiger charge is 2.40. The number of aliphatic hydroxyl groups excluding tert-OH is 3. The lowest BCUT2D eigenvalue weighted by molar-refractivity contribution is -0.757. The smallest absolute Gasteiger partial charge is 0.330 e. The van der Waals surface area contributed by atoms with Crippen LogP contribution in [0.3, 0.4) is 0 Å². The van der Waals surface area contributed by atoms with Gasteiger partial charge in [-0.25, -0.2) is 4.79 Å². The van der Waals surface area contributed by atoms with E-state index in [-0.39, 0.29) is 49.2 Å². The maximum Gasteiger partial charge on any atom is 0.330 e. The van der Waals surface area contributed by atoms with E-state index in [0.29, 0.717) is 50.5 Å². The zero-order valence-corrected chi connectivity index (χ0v) is 28.1. The number of allylic oxidation sites excluding steroid dienone is 2. The normalized spacial score (nSPS) is 20.0. The third-order valence-corrected chi connectivity index (χ3v) is 8.81. The molecule has 0 amide bonds. The van der Waals surface area contributed by atoms with Crippen molar-refractivity contribution >= 4 is 11.9 Å². The van der Waals surface area contributed by atoms with Gasteiger partial charge in [-0.15, -0.1) is 10.1 Å². The van der Waals surface area contributed by atoms with Gasteiger partial charge in [-0.3, -0.25) is 4.79 Å². The van der Waals surface area contributed by atoms with Crippen molar-refractivity contribution < 1.29 is 49.0 Å². The summed E-state index contributed by atoms with van der Waals surface area (Å²) < 4.78 is 16.3. The highest BCUT2D eigenvalue weighted by Crippen LogP contribution is 2.39. The van der Waals surface area contributed by atoms with E-state index < -0.39 is 41.4 Å². The Morgan fingerprint density at radius 3 is 2.49 bits per heavy atom. The molecule has 0 spiro atoms. The molecule has 0 heterocycles. The maximum absolute atomic E-state index is 12.6. The number of benzene rings is 2. The summed E-state index contributed by atoms with van der Waals surface area (Å²) in [5.74, 6) is -0.849. The van der Waals surface area contributed by atoms with Crippen LogP contribution in [0.5, 0.6) is 11.5 Å². The molecular formula is C37H49NO11. The van der Waals surface area contributed by atoms with Gasteiger partial charge in [0.15, 0.2) is 11.5 Å². The molecule has 3 rings (SSSR count). The maximum atomic E-state index is 12.6. The minimum Gasteiger partial charge on any atom is -0.493 e. The van der Waals surface area contributed by atoms with Crippen molar-refractivity contribution in [3.8, 4) is 11.5 Å². The SMILES string of the molecule is C=CC(=O)O[C@H](CCCO[N+](=O)[O-])c1ccc(OC(=O)CCC/C=C\C[C@@H]2[C@@H](CCC(O)CCc3ccccc3)[C@H](O)C[C@@H]2O)c(OC)c1. The Kier molecular flexibility index (Phi) is 16.8. The van der Waals surface area contributed by atoms with Crippen LogP contribution in [0.25, 0.3) is 0 Å². The fourth-order valence-electron chi connectivity index (χ4n) is 6.18. The summed E-state index contributed by atoms with van der Waals surface area (Å²) >= 11 is 0. The first-order valence-electron chi connectivity index (χ1n) is 16.8. The average Bonchev–Trinajstić information content (AvgIpc) is 3.36. The topological polar surface area (TPSA) is 175 Å². The molecule has 0 radical (unpaired) electrons. The zero-order chi connectivity index (χ0) is 35.6. The van der Waals surface area contributed by atoms with E-state index in [1.54, 1.807) is 12.1 Å². The summed E-state index contributed by atoms with van der Waals surface area (Å²) in [7, 11) is 1.41. The Hall–Kier alpha value is -4.26. The molecule has 12 heteroatoms. The van der Waals surface area contributed by atoms with Gasteiger partial charge in [0.05, 0.1) is 32.0 Å². The van der Waals surface area contributed by atoms with Crippen LogP contribution in [0.4, 0.5) is 0 Å². The number of rotatable bonds is 22. The third-order valence-electron chi connectivity index (χ3n) is 8.81. The Labute approximate surface area is 287 Å². The van der Waals surface area contributed by atoms with Gasteiger partial charge in [-0.2, -0.15) is 0 Å². The third kappa shape index (κ3) is 13.6. The highest BCUT2D eigenvalue weighted by atomic mass is 16.9. The van der Waals surface area contributed by atoms with Crippen LogP contribution in [0, 0.1) is 22.0 Å². The van der Waals surface area contributed by atoms with Crippen molar-refractivity contribution in [3.63, 3.8) is 0 Å².